The summed E-state index contributed by atoms with van der Waals surface area (Å²) in [6, 6.07) is 10.1. The minimum absolute atomic E-state index is 0.106. The van der Waals surface area contributed by atoms with Crippen LogP contribution in [0.1, 0.15) is 115 Å². The van der Waals surface area contributed by atoms with Crippen molar-refractivity contribution in [2.24, 2.45) is 0 Å². The van der Waals surface area contributed by atoms with Crippen molar-refractivity contribution in [2.45, 2.75) is 116 Å². The normalized spacial score (nSPS) is 13.6. The summed E-state index contributed by atoms with van der Waals surface area (Å²) in [5.74, 6) is 0. The van der Waals surface area contributed by atoms with Crippen LogP contribution in [-0.2, 0) is 0 Å². The highest BCUT2D eigenvalue weighted by Gasteiger charge is 2.14. The van der Waals surface area contributed by atoms with Crippen LogP contribution in [0.4, 0.5) is 0 Å². The second-order valence-corrected chi connectivity index (χ2v) is 8.19. The van der Waals surface area contributed by atoms with Gasteiger partial charge < -0.3 is 10.4 Å². The molecule has 0 amide bonds. The average molecular weight is 376 g/mol. The first-order chi connectivity index (χ1) is 13.3. The minimum Gasteiger partial charge on any atom is -0.387 e. The molecule has 1 aromatic carbocycles. The Kier molecular flexibility index (Phi) is 15.4. The van der Waals surface area contributed by atoms with E-state index < -0.39 is 6.10 Å². The lowest BCUT2D eigenvalue weighted by molar-refractivity contribution is 0.136. The van der Waals surface area contributed by atoms with E-state index in [1.807, 2.05) is 30.3 Å². The van der Waals surface area contributed by atoms with Crippen molar-refractivity contribution >= 4 is 0 Å². The van der Waals surface area contributed by atoms with E-state index in [0.717, 1.165) is 12.1 Å². The number of aliphatic hydroxyl groups excluding tert-OH is 1. The van der Waals surface area contributed by atoms with Gasteiger partial charge in [-0.2, -0.15) is 0 Å². The van der Waals surface area contributed by atoms with Gasteiger partial charge in [-0.25, -0.2) is 0 Å². The van der Waals surface area contributed by atoms with E-state index in [1.165, 1.54) is 89.9 Å². The second kappa shape index (κ2) is 17.3. The highest BCUT2D eigenvalue weighted by atomic mass is 16.3. The molecule has 0 saturated carbocycles. The van der Waals surface area contributed by atoms with Crippen molar-refractivity contribution in [3.05, 3.63) is 35.9 Å². The molecule has 0 fully saturated rings. The number of benzene rings is 1. The molecule has 2 heteroatoms. The van der Waals surface area contributed by atoms with Gasteiger partial charge in [0.2, 0.25) is 0 Å². The van der Waals surface area contributed by atoms with E-state index in [2.05, 4.69) is 19.2 Å². The molecule has 0 aromatic heterocycles. The molecule has 27 heavy (non-hydrogen) atoms. The number of hydrogen-bond acceptors (Lipinski definition) is 2. The van der Waals surface area contributed by atoms with Crippen LogP contribution in [0.25, 0.3) is 0 Å². The third kappa shape index (κ3) is 13.0. The fourth-order valence-electron chi connectivity index (χ4n) is 3.70. The third-order valence-electron chi connectivity index (χ3n) is 5.61. The Balaban J connectivity index is 1.84. The summed E-state index contributed by atoms with van der Waals surface area (Å²) in [6.07, 6.45) is 19.1. The summed E-state index contributed by atoms with van der Waals surface area (Å²) in [7, 11) is 0. The SMILES string of the molecule is CCCCCCCCCCCCCCCCNC(C)C(O)c1ccccc1. The van der Waals surface area contributed by atoms with Gasteiger partial charge in [0.1, 0.15) is 0 Å². The molecule has 0 radical (unpaired) electrons. The van der Waals surface area contributed by atoms with Crippen LogP contribution in [0.2, 0.25) is 0 Å². The topological polar surface area (TPSA) is 32.3 Å². The molecule has 156 valence electrons. The summed E-state index contributed by atoms with van der Waals surface area (Å²) in [5.41, 5.74) is 0.999. The molecular formula is C25H45NO. The summed E-state index contributed by atoms with van der Waals surface area (Å²) >= 11 is 0. The van der Waals surface area contributed by atoms with Gasteiger partial charge in [0, 0.05) is 6.04 Å². The van der Waals surface area contributed by atoms with Crippen molar-refractivity contribution in [1.29, 1.82) is 0 Å². The van der Waals surface area contributed by atoms with Crippen molar-refractivity contribution in [3.63, 3.8) is 0 Å². The predicted octanol–water partition coefficient (Wildman–Crippen LogP) is 7.18. The number of unbranched alkanes of at least 4 members (excludes halogenated alkanes) is 13. The fraction of sp³-hybridized carbons (Fsp3) is 0.760. The molecule has 2 nitrogen and oxygen atoms in total. The molecule has 0 spiro atoms. The highest BCUT2D eigenvalue weighted by Crippen LogP contribution is 2.16. The van der Waals surface area contributed by atoms with Gasteiger partial charge >= 0.3 is 0 Å². The van der Waals surface area contributed by atoms with E-state index in [0.29, 0.717) is 0 Å². The van der Waals surface area contributed by atoms with Crippen LogP contribution in [0, 0.1) is 0 Å². The number of hydrogen-bond donors (Lipinski definition) is 2. The Morgan fingerprint density at radius 1 is 0.704 bits per heavy atom. The molecule has 0 heterocycles. The zero-order chi connectivity index (χ0) is 19.6. The van der Waals surface area contributed by atoms with Crippen LogP contribution < -0.4 is 5.32 Å². The van der Waals surface area contributed by atoms with Crippen LogP contribution in [0.3, 0.4) is 0 Å². The number of nitrogens with one attached hydrogen (secondary N) is 1. The van der Waals surface area contributed by atoms with E-state index in [9.17, 15) is 5.11 Å². The largest absolute Gasteiger partial charge is 0.387 e. The fourth-order valence-corrected chi connectivity index (χ4v) is 3.70. The van der Waals surface area contributed by atoms with Gasteiger partial charge in [-0.15, -0.1) is 0 Å². The summed E-state index contributed by atoms with van der Waals surface area (Å²) in [5, 5.41) is 13.8. The Bertz CT molecular complexity index is 420. The van der Waals surface area contributed by atoms with Crippen molar-refractivity contribution in [3.8, 4) is 0 Å². The molecule has 0 bridgehead atoms. The van der Waals surface area contributed by atoms with Crippen molar-refractivity contribution < 1.29 is 5.11 Å². The molecule has 1 rings (SSSR count). The third-order valence-corrected chi connectivity index (χ3v) is 5.61. The summed E-state index contributed by atoms with van der Waals surface area (Å²) in [4.78, 5) is 0. The first-order valence-corrected chi connectivity index (χ1v) is 11.7. The maximum absolute atomic E-state index is 10.3. The first-order valence-electron chi connectivity index (χ1n) is 11.7. The highest BCUT2D eigenvalue weighted by molar-refractivity contribution is 5.18. The zero-order valence-electron chi connectivity index (χ0n) is 18.1. The molecule has 2 atom stereocenters. The maximum atomic E-state index is 10.3. The zero-order valence-corrected chi connectivity index (χ0v) is 18.1. The maximum Gasteiger partial charge on any atom is 0.0940 e. The molecule has 0 aliphatic rings. The molecule has 1 aromatic rings. The summed E-state index contributed by atoms with van der Waals surface area (Å²) in [6.45, 7) is 5.36. The molecule has 0 saturated heterocycles. The van der Waals surface area contributed by atoms with Gasteiger partial charge in [0.05, 0.1) is 6.10 Å². The van der Waals surface area contributed by atoms with Gasteiger partial charge in [-0.05, 0) is 25.5 Å². The predicted molar refractivity (Wildman–Crippen MR) is 119 cm³/mol. The smallest absolute Gasteiger partial charge is 0.0940 e. The molecular weight excluding hydrogens is 330 g/mol. The van der Waals surface area contributed by atoms with Crippen molar-refractivity contribution in [2.75, 3.05) is 6.54 Å². The number of rotatable bonds is 18. The van der Waals surface area contributed by atoms with Gasteiger partial charge in [-0.1, -0.05) is 121 Å². The first kappa shape index (κ1) is 24.2. The van der Waals surface area contributed by atoms with E-state index in [-0.39, 0.29) is 6.04 Å². The molecule has 0 aliphatic heterocycles. The quantitative estimate of drug-likeness (QED) is 0.266. The van der Waals surface area contributed by atoms with Gasteiger partial charge in [0.15, 0.2) is 0 Å². The average Bonchev–Trinajstić information content (AvgIpc) is 2.70. The van der Waals surface area contributed by atoms with E-state index >= 15 is 0 Å². The Morgan fingerprint density at radius 2 is 1.15 bits per heavy atom. The van der Waals surface area contributed by atoms with Crippen LogP contribution >= 0.6 is 0 Å². The monoisotopic (exact) mass is 375 g/mol. The Labute approximate surface area is 169 Å². The van der Waals surface area contributed by atoms with Crippen LogP contribution in [0.5, 0.6) is 0 Å². The van der Waals surface area contributed by atoms with Crippen molar-refractivity contribution in [1.82, 2.24) is 5.32 Å². The molecule has 0 aliphatic carbocycles. The lowest BCUT2D eigenvalue weighted by atomic mass is 10.0. The molecule has 2 unspecified atom stereocenters. The Morgan fingerprint density at radius 3 is 1.63 bits per heavy atom. The Hall–Kier alpha value is -0.860. The lowest BCUT2D eigenvalue weighted by Crippen LogP contribution is -2.32. The summed E-state index contributed by atoms with van der Waals surface area (Å²) < 4.78 is 0. The van der Waals surface area contributed by atoms with E-state index in [1.54, 1.807) is 0 Å². The second-order valence-electron chi connectivity index (χ2n) is 8.19. The van der Waals surface area contributed by atoms with Gasteiger partial charge in [0.25, 0.3) is 0 Å². The molecule has 2 N–H and O–H groups in total. The number of aliphatic hydroxyl groups is 1. The van der Waals surface area contributed by atoms with Crippen LogP contribution in [-0.4, -0.2) is 17.7 Å². The van der Waals surface area contributed by atoms with E-state index in [4.69, 9.17) is 0 Å². The van der Waals surface area contributed by atoms with Gasteiger partial charge in [-0.3, -0.25) is 0 Å². The minimum atomic E-state index is -0.419. The van der Waals surface area contributed by atoms with Crippen LogP contribution in [0.15, 0.2) is 30.3 Å². The standard InChI is InChI=1S/C25H45NO/c1-3-4-5-6-7-8-9-10-11-12-13-14-15-19-22-26-23(2)25(27)24-20-17-16-18-21-24/h16-18,20-21,23,25-27H,3-15,19,22H2,1-2H3. The lowest BCUT2D eigenvalue weighted by Gasteiger charge is -2.20.